The van der Waals surface area contributed by atoms with Gasteiger partial charge in [0, 0.05) is 0 Å². The average Bonchev–Trinajstić information content (AvgIpc) is 2.37. The molecule has 0 bridgehead atoms. The molecule has 68 valence electrons. The van der Waals surface area contributed by atoms with E-state index in [1.54, 1.807) is 0 Å². The van der Waals surface area contributed by atoms with Crippen molar-refractivity contribution in [2.45, 2.75) is 6.42 Å². The second-order valence-corrected chi connectivity index (χ2v) is 2.65. The molecule has 5 nitrogen and oxygen atoms in total. The number of aliphatic carboxylic acids is 1. The first-order chi connectivity index (χ1) is 5.74. The van der Waals surface area contributed by atoms with Gasteiger partial charge in [-0.1, -0.05) is 0 Å². The number of nitrogens with zero attached hydrogens (tertiary/aromatic N) is 1. The summed E-state index contributed by atoms with van der Waals surface area (Å²) in [7, 11) is 0. The zero-order valence-electron chi connectivity index (χ0n) is 6.79. The van der Waals surface area contributed by atoms with Crippen LogP contribution in [0.15, 0.2) is 0 Å². The molecule has 1 heterocycles. The monoisotopic (exact) mass is 173 g/mol. The zero-order chi connectivity index (χ0) is 8.97. The molecule has 12 heavy (non-hydrogen) atoms. The van der Waals surface area contributed by atoms with Crippen LogP contribution in [-0.4, -0.2) is 52.8 Å². The predicted octanol–water partition coefficient (Wildman–Crippen LogP) is -1.53. The summed E-state index contributed by atoms with van der Waals surface area (Å²) in [6, 6.07) is 0. The Morgan fingerprint density at radius 3 is 3.00 bits per heavy atom. The second kappa shape index (κ2) is 4.06. The van der Waals surface area contributed by atoms with Gasteiger partial charge in [-0.25, -0.2) is 0 Å². The number of aliphatic hydroxyl groups excluding tert-OH is 1. The maximum absolute atomic E-state index is 10.4. The van der Waals surface area contributed by atoms with Gasteiger partial charge in [-0.2, -0.15) is 0 Å². The van der Waals surface area contributed by atoms with Crippen LogP contribution in [0, 0.1) is 0 Å². The van der Waals surface area contributed by atoms with Crippen LogP contribution in [0.25, 0.3) is 0 Å². The Hall–Kier alpha value is -1.10. The number of carboxylic acid groups (broad SMARTS) is 1. The van der Waals surface area contributed by atoms with Crippen LogP contribution in [0.2, 0.25) is 0 Å². The molecule has 0 unspecified atom stereocenters. The van der Waals surface area contributed by atoms with Crippen molar-refractivity contribution in [2.24, 2.45) is 0 Å². The molecule has 3 N–H and O–H groups in total. The highest BCUT2D eigenvalue weighted by molar-refractivity contribution is 5.94. The van der Waals surface area contributed by atoms with Gasteiger partial charge < -0.3 is 10.2 Å². The van der Waals surface area contributed by atoms with E-state index in [0.717, 1.165) is 13.1 Å². The van der Waals surface area contributed by atoms with Crippen molar-refractivity contribution >= 4 is 11.8 Å². The highest BCUT2D eigenvalue weighted by Gasteiger charge is 2.22. The van der Waals surface area contributed by atoms with Gasteiger partial charge in [-0.15, -0.1) is 0 Å². The standard InChI is InChI=1S/C7H12N2O3/c10-4-3-9-2-1-8-6(9)5-7(11)12/h10H,1-5H2,(H,11,12)/p+1. The minimum Gasteiger partial charge on any atom is -0.481 e. The van der Waals surface area contributed by atoms with E-state index in [-0.39, 0.29) is 13.0 Å². The van der Waals surface area contributed by atoms with Gasteiger partial charge in [0.15, 0.2) is 0 Å². The number of nitrogens with one attached hydrogen (secondary N) is 1. The van der Waals surface area contributed by atoms with Crippen LogP contribution in [0.3, 0.4) is 0 Å². The maximum atomic E-state index is 10.4. The summed E-state index contributed by atoms with van der Waals surface area (Å²) in [5, 5.41) is 20.1. The molecule has 1 aliphatic heterocycles. The number of aliphatic hydroxyl groups is 1. The largest absolute Gasteiger partial charge is 0.481 e. The normalized spacial score (nSPS) is 16.4. The third-order valence-electron chi connectivity index (χ3n) is 1.78. The number of rotatable bonds is 4. The fourth-order valence-electron chi connectivity index (χ4n) is 1.27. The summed E-state index contributed by atoms with van der Waals surface area (Å²) in [6.07, 6.45) is 0.0139. The minimum absolute atomic E-state index is 0.0139. The smallest absolute Gasteiger partial charge is 0.315 e. The first kappa shape index (κ1) is 8.99. The van der Waals surface area contributed by atoms with Gasteiger partial charge in [0.1, 0.15) is 26.1 Å². The first-order valence-electron chi connectivity index (χ1n) is 3.91. The highest BCUT2D eigenvalue weighted by atomic mass is 16.4. The maximum Gasteiger partial charge on any atom is 0.315 e. The van der Waals surface area contributed by atoms with Gasteiger partial charge >= 0.3 is 5.97 Å². The Morgan fingerprint density at radius 2 is 2.42 bits per heavy atom. The third-order valence-corrected chi connectivity index (χ3v) is 1.78. The van der Waals surface area contributed by atoms with Crippen molar-refractivity contribution in [1.29, 1.82) is 0 Å². The number of amidine groups is 1. The molecule has 0 aliphatic carbocycles. The molecule has 0 saturated carbocycles. The number of β-amino-alcohol motifs (C(OH)–C–C–N with tert-alkyl or cyclic N) is 1. The first-order valence-corrected chi connectivity index (χ1v) is 3.91. The summed E-state index contributed by atoms with van der Waals surface area (Å²) >= 11 is 0. The van der Waals surface area contributed by atoms with Crippen LogP contribution >= 0.6 is 0 Å². The molecule has 0 aromatic rings. The van der Waals surface area contributed by atoms with Crippen LogP contribution < -0.4 is 5.32 Å². The minimum atomic E-state index is -0.845. The van der Waals surface area contributed by atoms with E-state index in [4.69, 9.17) is 10.2 Å². The Bertz CT molecular complexity index is 213. The number of carbonyl (C=O) groups is 1. The van der Waals surface area contributed by atoms with Crippen LogP contribution in [0.1, 0.15) is 6.42 Å². The Balaban J connectivity index is 2.56. The molecule has 0 radical (unpaired) electrons. The summed E-state index contributed by atoms with van der Waals surface area (Å²) < 4.78 is 1.86. The van der Waals surface area contributed by atoms with Crippen LogP contribution in [0.5, 0.6) is 0 Å². The quantitative estimate of drug-likeness (QED) is 0.451. The van der Waals surface area contributed by atoms with Gasteiger partial charge in [-0.05, 0) is 0 Å². The van der Waals surface area contributed by atoms with Crippen molar-refractivity contribution in [3.8, 4) is 0 Å². The van der Waals surface area contributed by atoms with Crippen molar-refractivity contribution in [3.63, 3.8) is 0 Å². The predicted molar refractivity (Wildman–Crippen MR) is 42.3 cm³/mol. The lowest BCUT2D eigenvalue weighted by Crippen LogP contribution is -2.27. The van der Waals surface area contributed by atoms with Crippen LogP contribution in [0.4, 0.5) is 0 Å². The molecule has 1 rings (SSSR count). The van der Waals surface area contributed by atoms with Gasteiger partial charge in [0.05, 0.1) is 6.61 Å². The molecule has 0 fully saturated rings. The molecule has 5 heteroatoms. The topological polar surface area (TPSA) is 72.6 Å². The van der Waals surface area contributed by atoms with Crippen molar-refractivity contribution < 1.29 is 19.6 Å². The molecule has 0 aromatic carbocycles. The van der Waals surface area contributed by atoms with E-state index in [9.17, 15) is 4.79 Å². The van der Waals surface area contributed by atoms with E-state index in [2.05, 4.69) is 5.32 Å². The molecule has 0 atom stereocenters. The summed E-state index contributed by atoms with van der Waals surface area (Å²) in [5.41, 5.74) is 0. The Kier molecular flexibility index (Phi) is 3.04. The Morgan fingerprint density at radius 1 is 1.67 bits per heavy atom. The SMILES string of the molecule is O=C(O)CC1=[N+](CCO)CCN1. The van der Waals surface area contributed by atoms with Gasteiger partial charge in [-0.3, -0.25) is 14.7 Å². The molecule has 0 aromatic heterocycles. The Labute approximate surface area is 70.3 Å². The van der Waals surface area contributed by atoms with E-state index in [1.807, 2.05) is 4.58 Å². The van der Waals surface area contributed by atoms with Gasteiger partial charge in [0.2, 0.25) is 0 Å². The lowest BCUT2D eigenvalue weighted by atomic mass is 10.4. The summed E-state index contributed by atoms with van der Waals surface area (Å²) in [4.78, 5) is 10.4. The lowest BCUT2D eigenvalue weighted by molar-refractivity contribution is -0.521. The third kappa shape index (κ3) is 2.20. The molecule has 0 spiro atoms. The molecule has 0 saturated heterocycles. The van der Waals surface area contributed by atoms with E-state index >= 15 is 0 Å². The highest BCUT2D eigenvalue weighted by Crippen LogP contribution is 1.92. The van der Waals surface area contributed by atoms with Crippen molar-refractivity contribution in [3.05, 3.63) is 0 Å². The molecule has 1 aliphatic rings. The van der Waals surface area contributed by atoms with Crippen LogP contribution in [-0.2, 0) is 4.79 Å². The lowest BCUT2D eigenvalue weighted by Gasteiger charge is -1.98. The fourth-order valence-corrected chi connectivity index (χ4v) is 1.27. The number of carboxylic acids is 1. The van der Waals surface area contributed by atoms with Gasteiger partial charge in [0.25, 0.3) is 5.84 Å². The summed E-state index contributed by atoms with van der Waals surface area (Å²) in [6.45, 7) is 2.12. The summed E-state index contributed by atoms with van der Waals surface area (Å²) in [5.74, 6) is -0.140. The van der Waals surface area contributed by atoms with E-state index in [0.29, 0.717) is 12.4 Å². The molecular weight excluding hydrogens is 160 g/mol. The molecule has 0 amide bonds. The number of hydrogen-bond acceptors (Lipinski definition) is 3. The van der Waals surface area contributed by atoms with Crippen molar-refractivity contribution in [2.75, 3.05) is 26.2 Å². The van der Waals surface area contributed by atoms with Crippen molar-refractivity contribution in [1.82, 2.24) is 5.32 Å². The average molecular weight is 173 g/mol. The molecular formula is C7H13N2O3+. The number of hydrogen-bond donors (Lipinski definition) is 3. The second-order valence-electron chi connectivity index (χ2n) is 2.65. The fraction of sp³-hybridized carbons (Fsp3) is 0.714. The van der Waals surface area contributed by atoms with E-state index < -0.39 is 5.97 Å². The van der Waals surface area contributed by atoms with E-state index in [1.165, 1.54) is 0 Å². The zero-order valence-corrected chi connectivity index (χ0v) is 6.79.